The van der Waals surface area contributed by atoms with Crippen LogP contribution in [0.2, 0.25) is 0 Å². The first kappa shape index (κ1) is 21.0. The average Bonchev–Trinajstić information content (AvgIpc) is 3.27. The molecule has 0 aromatic carbocycles. The molecule has 1 heterocycles. The quantitative estimate of drug-likeness (QED) is 0.347. The Kier molecular flexibility index (Phi) is 9.77. The lowest BCUT2D eigenvalue weighted by Gasteiger charge is -2.25. The third-order valence-electron chi connectivity index (χ3n) is 5.09. The lowest BCUT2D eigenvalue weighted by atomic mass is 10.2. The summed E-state index contributed by atoms with van der Waals surface area (Å²) in [5.74, 6) is 0.974. The van der Waals surface area contributed by atoms with Gasteiger partial charge in [-0.3, -0.25) is 14.8 Å². The minimum atomic E-state index is 0. The number of likely N-dealkylation sites (N-methyl/N-ethyl adjacent to an activating group) is 2. The zero-order valence-electron chi connectivity index (χ0n) is 15.3. The number of likely N-dealkylation sites (tertiary alicyclic amines) is 1. The maximum atomic E-state index is 4.79. The molecule has 0 amide bonds. The molecule has 1 saturated heterocycles. The van der Waals surface area contributed by atoms with Gasteiger partial charge in [-0.15, -0.1) is 24.0 Å². The van der Waals surface area contributed by atoms with Gasteiger partial charge in [-0.05, 0) is 59.7 Å². The fraction of sp³-hybridized carbons (Fsp3) is 0.941. The van der Waals surface area contributed by atoms with Crippen LogP contribution in [0.5, 0.6) is 0 Å². The normalized spacial score (nSPS) is 23.7. The average molecular weight is 437 g/mol. The van der Waals surface area contributed by atoms with E-state index in [4.69, 9.17) is 4.99 Å². The van der Waals surface area contributed by atoms with Gasteiger partial charge in [0.2, 0.25) is 0 Å². The Morgan fingerprint density at radius 3 is 2.61 bits per heavy atom. The molecule has 2 fully saturated rings. The van der Waals surface area contributed by atoms with E-state index in [1.54, 1.807) is 0 Å². The number of guanidine groups is 1. The van der Waals surface area contributed by atoms with Crippen LogP contribution in [0.1, 0.15) is 46.5 Å². The number of halogens is 1. The zero-order chi connectivity index (χ0) is 15.9. The number of nitrogens with zero attached hydrogens (tertiary/aromatic N) is 3. The second-order valence-corrected chi connectivity index (χ2v) is 6.77. The Balaban J connectivity index is 0.00000264. The molecule has 2 N–H and O–H groups in total. The van der Waals surface area contributed by atoms with Gasteiger partial charge in [0.05, 0.1) is 6.54 Å². The molecule has 23 heavy (non-hydrogen) atoms. The van der Waals surface area contributed by atoms with Gasteiger partial charge in [-0.2, -0.15) is 0 Å². The number of rotatable bonds is 8. The van der Waals surface area contributed by atoms with Crippen molar-refractivity contribution in [3.8, 4) is 0 Å². The van der Waals surface area contributed by atoms with E-state index < -0.39 is 0 Å². The Morgan fingerprint density at radius 2 is 2.00 bits per heavy atom. The van der Waals surface area contributed by atoms with Crippen LogP contribution in [0.4, 0.5) is 0 Å². The minimum Gasteiger partial charge on any atom is -0.357 e. The molecule has 1 saturated carbocycles. The van der Waals surface area contributed by atoms with E-state index in [0.717, 1.165) is 38.2 Å². The van der Waals surface area contributed by atoms with E-state index in [-0.39, 0.29) is 24.0 Å². The van der Waals surface area contributed by atoms with Crippen molar-refractivity contribution >= 4 is 29.9 Å². The predicted molar refractivity (Wildman–Crippen MR) is 110 cm³/mol. The molecule has 0 radical (unpaired) electrons. The smallest absolute Gasteiger partial charge is 0.191 e. The van der Waals surface area contributed by atoms with Gasteiger partial charge in [0.25, 0.3) is 0 Å². The molecule has 2 atom stereocenters. The molecular formula is C17H36IN5. The topological polar surface area (TPSA) is 42.9 Å². The van der Waals surface area contributed by atoms with Crippen molar-refractivity contribution in [1.82, 2.24) is 20.4 Å². The fourth-order valence-corrected chi connectivity index (χ4v) is 3.29. The van der Waals surface area contributed by atoms with Crippen LogP contribution in [-0.2, 0) is 0 Å². The van der Waals surface area contributed by atoms with Crippen molar-refractivity contribution < 1.29 is 0 Å². The Labute approximate surface area is 159 Å². The first-order valence-corrected chi connectivity index (χ1v) is 9.13. The monoisotopic (exact) mass is 437 g/mol. The Morgan fingerprint density at radius 1 is 1.26 bits per heavy atom. The third-order valence-corrected chi connectivity index (χ3v) is 5.09. The molecule has 5 nitrogen and oxygen atoms in total. The van der Waals surface area contributed by atoms with E-state index in [9.17, 15) is 0 Å². The standard InChI is InChI=1S/C17H35N5.HI/c1-5-18-17(19-12-14(3)21(4)15-9-10-15)20-13-16-8-7-11-22(16)6-2;/h14-16H,5-13H2,1-4H3,(H2,18,19,20);1H. The predicted octanol–water partition coefficient (Wildman–Crippen LogP) is 2.13. The first-order chi connectivity index (χ1) is 10.7. The van der Waals surface area contributed by atoms with Gasteiger partial charge >= 0.3 is 0 Å². The Bertz CT molecular complexity index is 359. The van der Waals surface area contributed by atoms with E-state index >= 15 is 0 Å². The number of hydrogen-bond acceptors (Lipinski definition) is 3. The largest absolute Gasteiger partial charge is 0.357 e. The molecular weight excluding hydrogens is 401 g/mol. The molecule has 2 aliphatic rings. The highest BCUT2D eigenvalue weighted by Crippen LogP contribution is 2.26. The second kappa shape index (κ2) is 10.7. The van der Waals surface area contributed by atoms with Gasteiger partial charge in [-0.1, -0.05) is 6.92 Å². The van der Waals surface area contributed by atoms with Crippen molar-refractivity contribution in [2.75, 3.05) is 39.8 Å². The fourth-order valence-electron chi connectivity index (χ4n) is 3.29. The molecule has 0 spiro atoms. The number of aliphatic imine (C=N–C) groups is 1. The molecule has 2 rings (SSSR count). The van der Waals surface area contributed by atoms with Crippen LogP contribution < -0.4 is 10.6 Å². The lowest BCUT2D eigenvalue weighted by molar-refractivity contribution is 0.253. The number of nitrogens with one attached hydrogen (secondary N) is 2. The van der Waals surface area contributed by atoms with E-state index in [0.29, 0.717) is 12.1 Å². The summed E-state index contributed by atoms with van der Waals surface area (Å²) in [6.07, 6.45) is 5.35. The van der Waals surface area contributed by atoms with E-state index in [1.807, 2.05) is 0 Å². The number of hydrogen-bond donors (Lipinski definition) is 2. The highest BCUT2D eigenvalue weighted by Gasteiger charge is 2.29. The minimum absolute atomic E-state index is 0. The van der Waals surface area contributed by atoms with Crippen LogP contribution in [0, 0.1) is 0 Å². The van der Waals surface area contributed by atoms with Crippen molar-refractivity contribution in [3.63, 3.8) is 0 Å². The molecule has 6 heteroatoms. The van der Waals surface area contributed by atoms with E-state index in [2.05, 4.69) is 48.3 Å². The third kappa shape index (κ3) is 6.74. The highest BCUT2D eigenvalue weighted by atomic mass is 127. The summed E-state index contributed by atoms with van der Waals surface area (Å²) in [4.78, 5) is 9.84. The van der Waals surface area contributed by atoms with Gasteiger partial charge in [0, 0.05) is 31.2 Å². The summed E-state index contributed by atoms with van der Waals surface area (Å²) in [6, 6.07) is 1.99. The van der Waals surface area contributed by atoms with Crippen LogP contribution in [0.3, 0.4) is 0 Å². The summed E-state index contributed by atoms with van der Waals surface area (Å²) in [6.45, 7) is 11.9. The summed E-state index contributed by atoms with van der Waals surface area (Å²) in [5.41, 5.74) is 0. The van der Waals surface area contributed by atoms with Gasteiger partial charge in [0.15, 0.2) is 5.96 Å². The summed E-state index contributed by atoms with van der Waals surface area (Å²) >= 11 is 0. The zero-order valence-corrected chi connectivity index (χ0v) is 17.7. The van der Waals surface area contributed by atoms with Crippen molar-refractivity contribution in [3.05, 3.63) is 0 Å². The molecule has 0 aromatic rings. The van der Waals surface area contributed by atoms with Crippen LogP contribution in [-0.4, -0.2) is 73.7 Å². The van der Waals surface area contributed by atoms with E-state index in [1.165, 1.54) is 32.2 Å². The SMILES string of the molecule is CCNC(=NCC(C)N(C)C1CC1)NCC1CCCN1CC.I. The van der Waals surface area contributed by atoms with Crippen LogP contribution in [0.25, 0.3) is 0 Å². The first-order valence-electron chi connectivity index (χ1n) is 9.13. The summed E-state index contributed by atoms with van der Waals surface area (Å²) < 4.78 is 0. The maximum Gasteiger partial charge on any atom is 0.191 e. The second-order valence-electron chi connectivity index (χ2n) is 6.77. The Hall–Kier alpha value is -0.0800. The highest BCUT2D eigenvalue weighted by molar-refractivity contribution is 14.0. The molecule has 0 aromatic heterocycles. The van der Waals surface area contributed by atoms with Gasteiger partial charge in [0.1, 0.15) is 0 Å². The van der Waals surface area contributed by atoms with Crippen molar-refractivity contribution in [2.24, 2.45) is 4.99 Å². The molecule has 136 valence electrons. The van der Waals surface area contributed by atoms with Gasteiger partial charge < -0.3 is 10.6 Å². The maximum absolute atomic E-state index is 4.79. The molecule has 1 aliphatic heterocycles. The van der Waals surface area contributed by atoms with Crippen LogP contribution >= 0.6 is 24.0 Å². The summed E-state index contributed by atoms with van der Waals surface area (Å²) in [5, 5.41) is 6.93. The van der Waals surface area contributed by atoms with Gasteiger partial charge in [-0.25, -0.2) is 0 Å². The van der Waals surface area contributed by atoms with Crippen molar-refractivity contribution in [2.45, 2.75) is 64.6 Å². The molecule has 2 unspecified atom stereocenters. The van der Waals surface area contributed by atoms with Crippen LogP contribution in [0.15, 0.2) is 4.99 Å². The lowest BCUT2D eigenvalue weighted by Crippen LogP contribution is -2.45. The van der Waals surface area contributed by atoms with Crippen molar-refractivity contribution in [1.29, 1.82) is 0 Å². The molecule has 0 bridgehead atoms. The molecule has 1 aliphatic carbocycles. The summed E-state index contributed by atoms with van der Waals surface area (Å²) in [7, 11) is 2.23.